The zero-order chi connectivity index (χ0) is 10.6. The van der Waals surface area contributed by atoms with Crippen LogP contribution in [0.15, 0.2) is 12.4 Å². The van der Waals surface area contributed by atoms with Crippen LogP contribution in [0.1, 0.15) is 12.6 Å². The van der Waals surface area contributed by atoms with Crippen LogP contribution in [0.5, 0.6) is 0 Å². The maximum atomic E-state index is 8.54. The summed E-state index contributed by atoms with van der Waals surface area (Å²) >= 11 is 0. The van der Waals surface area contributed by atoms with Crippen molar-refractivity contribution in [3.63, 3.8) is 0 Å². The highest BCUT2D eigenvalue weighted by Crippen LogP contribution is 2.09. The van der Waals surface area contributed by atoms with Crippen LogP contribution in [-0.4, -0.2) is 29.6 Å². The van der Waals surface area contributed by atoms with Gasteiger partial charge in [-0.25, -0.2) is 9.97 Å². The summed E-state index contributed by atoms with van der Waals surface area (Å²) in [4.78, 5) is 9.96. The van der Waals surface area contributed by atoms with Gasteiger partial charge >= 0.3 is 0 Å². The van der Waals surface area contributed by atoms with Gasteiger partial charge in [0.1, 0.15) is 11.9 Å². The lowest BCUT2D eigenvalue weighted by molar-refractivity contribution is 0.685. The third kappa shape index (κ3) is 2.18. The highest BCUT2D eigenvalue weighted by Gasteiger charge is 2.09. The predicted molar refractivity (Wildman–Crippen MR) is 53.7 cm³/mol. The van der Waals surface area contributed by atoms with Crippen LogP contribution in [0.4, 0.5) is 5.82 Å². The van der Waals surface area contributed by atoms with E-state index >= 15 is 0 Å². The zero-order valence-corrected chi connectivity index (χ0v) is 8.31. The topological polar surface area (TPSA) is 78.8 Å². The van der Waals surface area contributed by atoms with Crippen molar-refractivity contribution in [2.75, 3.05) is 18.5 Å². The number of hydrogen-bond acceptors (Lipinski definition) is 5. The Bertz CT molecular complexity index is 326. The van der Waals surface area contributed by atoms with Crippen molar-refractivity contribution in [2.45, 2.75) is 13.0 Å². The van der Waals surface area contributed by atoms with Crippen molar-refractivity contribution < 1.29 is 0 Å². The molecule has 0 bridgehead atoms. The van der Waals surface area contributed by atoms with E-state index in [2.05, 4.69) is 9.97 Å². The first kappa shape index (κ1) is 10.4. The van der Waals surface area contributed by atoms with E-state index < -0.39 is 0 Å². The van der Waals surface area contributed by atoms with E-state index in [9.17, 15) is 0 Å². The largest absolute Gasteiger partial charge is 0.354 e. The molecule has 0 aliphatic carbocycles. The molecular weight excluding hydrogens is 178 g/mol. The van der Waals surface area contributed by atoms with Gasteiger partial charge < -0.3 is 10.6 Å². The zero-order valence-electron chi connectivity index (χ0n) is 8.31. The first-order chi connectivity index (χ1) is 6.69. The van der Waals surface area contributed by atoms with Crippen LogP contribution in [0.25, 0.3) is 0 Å². The molecule has 5 nitrogen and oxygen atoms in total. The Kier molecular flexibility index (Phi) is 3.37. The smallest absolute Gasteiger partial charge is 0.158 e. The summed E-state index contributed by atoms with van der Waals surface area (Å²) in [6, 6.07) is 2.13. The first-order valence-electron chi connectivity index (χ1n) is 4.34. The highest BCUT2D eigenvalue weighted by molar-refractivity contribution is 5.37. The fourth-order valence-electron chi connectivity index (χ4n) is 0.945. The van der Waals surface area contributed by atoms with Crippen LogP contribution in [0.3, 0.4) is 0 Å². The Morgan fingerprint density at radius 3 is 2.71 bits per heavy atom. The average molecular weight is 191 g/mol. The minimum atomic E-state index is 0.206. The van der Waals surface area contributed by atoms with E-state index in [4.69, 9.17) is 11.0 Å². The van der Waals surface area contributed by atoms with Gasteiger partial charge in [-0.1, -0.05) is 0 Å². The summed E-state index contributed by atoms with van der Waals surface area (Å²) in [7, 11) is 1.90. The molecule has 1 unspecified atom stereocenters. The number of aromatic nitrogens is 2. The molecule has 1 atom stereocenters. The minimum Gasteiger partial charge on any atom is -0.354 e. The van der Waals surface area contributed by atoms with Gasteiger partial charge in [0.15, 0.2) is 5.69 Å². The van der Waals surface area contributed by atoms with E-state index in [0.29, 0.717) is 12.2 Å². The number of anilines is 1. The van der Waals surface area contributed by atoms with E-state index in [1.807, 2.05) is 24.9 Å². The molecule has 1 aromatic rings. The summed E-state index contributed by atoms with van der Waals surface area (Å²) in [5.41, 5.74) is 5.85. The van der Waals surface area contributed by atoms with Gasteiger partial charge in [-0.3, -0.25) is 0 Å². The van der Waals surface area contributed by atoms with Crippen molar-refractivity contribution in [1.82, 2.24) is 9.97 Å². The predicted octanol–water partition coefficient (Wildman–Crippen LogP) is 0.132. The normalized spacial score (nSPS) is 11.9. The molecule has 0 saturated heterocycles. The molecule has 0 fully saturated rings. The second-order valence-electron chi connectivity index (χ2n) is 3.07. The number of likely N-dealkylation sites (N-methyl/N-ethyl adjacent to an activating group) is 1. The van der Waals surface area contributed by atoms with Gasteiger partial charge in [-0.05, 0) is 6.92 Å². The fourth-order valence-corrected chi connectivity index (χ4v) is 0.945. The third-order valence-electron chi connectivity index (χ3n) is 2.12. The number of nitrogens with two attached hydrogens (primary N) is 1. The van der Waals surface area contributed by atoms with E-state index in [1.54, 1.807) is 6.20 Å². The van der Waals surface area contributed by atoms with Gasteiger partial charge in [-0.2, -0.15) is 5.26 Å². The van der Waals surface area contributed by atoms with E-state index in [1.165, 1.54) is 6.20 Å². The molecule has 5 heteroatoms. The molecule has 74 valence electrons. The molecule has 0 radical (unpaired) electrons. The monoisotopic (exact) mass is 191 g/mol. The first-order valence-corrected chi connectivity index (χ1v) is 4.34. The molecule has 1 aromatic heterocycles. The molecule has 0 aromatic carbocycles. The summed E-state index contributed by atoms with van der Waals surface area (Å²) < 4.78 is 0. The van der Waals surface area contributed by atoms with Gasteiger partial charge in [0.05, 0.1) is 12.4 Å². The highest BCUT2D eigenvalue weighted by atomic mass is 15.2. The van der Waals surface area contributed by atoms with Crippen molar-refractivity contribution >= 4 is 5.82 Å². The van der Waals surface area contributed by atoms with Crippen LogP contribution in [0.2, 0.25) is 0 Å². The molecule has 0 saturated carbocycles. The summed E-state index contributed by atoms with van der Waals surface area (Å²) in [5.74, 6) is 0.724. The number of hydrogen-bond donors (Lipinski definition) is 1. The standard InChI is InChI=1S/C9H13N5/c1-7(3-10)14(2)9-6-12-8(4-11)5-13-9/h5-7H,3,10H2,1-2H3. The molecule has 1 heterocycles. The number of rotatable bonds is 3. The van der Waals surface area contributed by atoms with Crippen LogP contribution >= 0.6 is 0 Å². The van der Waals surface area contributed by atoms with Gasteiger partial charge in [0.25, 0.3) is 0 Å². The van der Waals surface area contributed by atoms with E-state index in [-0.39, 0.29) is 6.04 Å². The summed E-state index contributed by atoms with van der Waals surface area (Å²) in [6.07, 6.45) is 3.03. The molecule has 0 spiro atoms. The Balaban J connectivity index is 2.82. The molecule has 0 amide bonds. The SMILES string of the molecule is CC(CN)N(C)c1cnc(C#N)cn1. The van der Waals surface area contributed by atoms with Crippen molar-refractivity contribution in [2.24, 2.45) is 5.73 Å². The lowest BCUT2D eigenvalue weighted by Crippen LogP contribution is -2.35. The Morgan fingerprint density at radius 1 is 1.57 bits per heavy atom. The molecule has 14 heavy (non-hydrogen) atoms. The molecule has 0 aliphatic heterocycles. The minimum absolute atomic E-state index is 0.206. The lowest BCUT2D eigenvalue weighted by Gasteiger charge is -2.23. The van der Waals surface area contributed by atoms with Crippen molar-refractivity contribution in [3.05, 3.63) is 18.1 Å². The lowest BCUT2D eigenvalue weighted by atomic mass is 10.3. The molecule has 2 N–H and O–H groups in total. The average Bonchev–Trinajstić information content (AvgIpc) is 2.27. The number of nitrogens with zero attached hydrogens (tertiary/aromatic N) is 4. The molecule has 1 rings (SSSR count). The van der Waals surface area contributed by atoms with Crippen molar-refractivity contribution in [1.29, 1.82) is 5.26 Å². The maximum absolute atomic E-state index is 8.54. The quantitative estimate of drug-likeness (QED) is 0.734. The van der Waals surface area contributed by atoms with Crippen molar-refractivity contribution in [3.8, 4) is 6.07 Å². The van der Waals surface area contributed by atoms with Crippen LogP contribution in [-0.2, 0) is 0 Å². The summed E-state index contributed by atoms with van der Waals surface area (Å²) in [6.45, 7) is 2.55. The molecular formula is C9H13N5. The Morgan fingerprint density at radius 2 is 2.29 bits per heavy atom. The fraction of sp³-hybridized carbons (Fsp3) is 0.444. The van der Waals surface area contributed by atoms with Crippen LogP contribution < -0.4 is 10.6 Å². The Labute approximate surface area is 83.2 Å². The molecule has 0 aliphatic rings. The second kappa shape index (κ2) is 4.53. The van der Waals surface area contributed by atoms with Gasteiger partial charge in [-0.15, -0.1) is 0 Å². The second-order valence-corrected chi connectivity index (χ2v) is 3.07. The maximum Gasteiger partial charge on any atom is 0.158 e. The van der Waals surface area contributed by atoms with Crippen LogP contribution in [0, 0.1) is 11.3 Å². The van der Waals surface area contributed by atoms with Gasteiger partial charge in [0.2, 0.25) is 0 Å². The third-order valence-corrected chi connectivity index (χ3v) is 2.12. The van der Waals surface area contributed by atoms with E-state index in [0.717, 1.165) is 5.82 Å². The summed E-state index contributed by atoms with van der Waals surface area (Å²) in [5, 5.41) is 8.54. The Hall–Kier alpha value is -1.67. The number of nitriles is 1. The van der Waals surface area contributed by atoms with Gasteiger partial charge in [0, 0.05) is 19.6 Å².